The third kappa shape index (κ3) is 2.49. The van der Waals surface area contributed by atoms with Crippen LogP contribution in [0.15, 0.2) is 37.8 Å². The highest BCUT2D eigenvalue weighted by Gasteiger charge is 2.18. The number of aliphatic hydroxyl groups is 1. The predicted molar refractivity (Wildman–Crippen MR) is 74.1 cm³/mol. The van der Waals surface area contributed by atoms with E-state index >= 15 is 0 Å². The summed E-state index contributed by atoms with van der Waals surface area (Å²) in [5.41, 5.74) is 3.12. The smallest absolute Gasteiger partial charge is 0.183 e. The van der Waals surface area contributed by atoms with Crippen molar-refractivity contribution < 1.29 is 9.52 Å². The molecule has 2 aromatic rings. The lowest BCUT2D eigenvalue weighted by atomic mass is 9.98. The van der Waals surface area contributed by atoms with E-state index in [1.165, 1.54) is 0 Å². The van der Waals surface area contributed by atoms with Crippen LogP contribution in [0.25, 0.3) is 0 Å². The molecule has 1 aromatic heterocycles. The Kier molecular flexibility index (Phi) is 3.76. The van der Waals surface area contributed by atoms with Crippen molar-refractivity contribution in [2.75, 3.05) is 0 Å². The molecule has 0 aliphatic carbocycles. The van der Waals surface area contributed by atoms with E-state index in [2.05, 4.69) is 31.9 Å². The second-order valence-corrected chi connectivity index (χ2v) is 5.54. The van der Waals surface area contributed by atoms with Gasteiger partial charge in [-0.2, -0.15) is 0 Å². The average Bonchev–Trinajstić information content (AvgIpc) is 2.62. The normalized spacial score (nSPS) is 12.8. The van der Waals surface area contributed by atoms with Crippen molar-refractivity contribution in [3.05, 3.63) is 55.9 Å². The summed E-state index contributed by atoms with van der Waals surface area (Å²) < 4.78 is 6.84. The van der Waals surface area contributed by atoms with E-state index in [1.807, 2.05) is 32.0 Å². The van der Waals surface area contributed by atoms with Crippen LogP contribution in [0.2, 0.25) is 0 Å². The van der Waals surface area contributed by atoms with E-state index in [0.717, 1.165) is 21.2 Å². The van der Waals surface area contributed by atoms with Crippen LogP contribution in [0.1, 0.15) is 28.6 Å². The summed E-state index contributed by atoms with van der Waals surface area (Å²) in [6, 6.07) is 7.65. The first kappa shape index (κ1) is 12.9. The third-order valence-corrected chi connectivity index (χ3v) is 4.58. The van der Waals surface area contributed by atoms with E-state index in [1.54, 1.807) is 6.07 Å². The van der Waals surface area contributed by atoms with E-state index in [0.29, 0.717) is 10.4 Å². The minimum absolute atomic E-state index is 0.525. The first-order chi connectivity index (χ1) is 8.00. The molecule has 0 radical (unpaired) electrons. The molecule has 2 nitrogen and oxygen atoms in total. The van der Waals surface area contributed by atoms with Crippen molar-refractivity contribution in [1.29, 1.82) is 0 Å². The summed E-state index contributed by atoms with van der Waals surface area (Å²) in [5, 5.41) is 10.3. The van der Waals surface area contributed by atoms with Crippen molar-refractivity contribution >= 4 is 31.9 Å². The van der Waals surface area contributed by atoms with Gasteiger partial charge in [0.2, 0.25) is 0 Å². The zero-order valence-electron chi connectivity index (χ0n) is 9.50. The maximum atomic E-state index is 10.3. The lowest BCUT2D eigenvalue weighted by Gasteiger charge is -2.13. The monoisotopic (exact) mass is 358 g/mol. The zero-order chi connectivity index (χ0) is 12.6. The number of benzene rings is 1. The summed E-state index contributed by atoms with van der Waals surface area (Å²) in [4.78, 5) is 0. The summed E-state index contributed by atoms with van der Waals surface area (Å²) in [6.07, 6.45) is -0.738. The standard InChI is InChI=1S/C13H12Br2O2/c1-7-4-3-5-9(8(7)2)12(16)11-6-10(14)13(15)17-11/h3-6,12,16H,1-2H3. The lowest BCUT2D eigenvalue weighted by molar-refractivity contribution is 0.187. The fraction of sp³-hybridized carbons (Fsp3) is 0.231. The third-order valence-electron chi connectivity index (χ3n) is 2.87. The van der Waals surface area contributed by atoms with Crippen LogP contribution in [-0.4, -0.2) is 5.11 Å². The largest absolute Gasteiger partial charge is 0.450 e. The van der Waals surface area contributed by atoms with Crippen molar-refractivity contribution in [2.45, 2.75) is 20.0 Å². The van der Waals surface area contributed by atoms with Gasteiger partial charge in [-0.3, -0.25) is 0 Å². The molecule has 1 unspecified atom stereocenters. The second kappa shape index (κ2) is 4.96. The molecule has 1 aromatic carbocycles. The van der Waals surface area contributed by atoms with E-state index in [-0.39, 0.29) is 0 Å². The Balaban J connectivity index is 2.43. The molecular formula is C13H12Br2O2. The number of hydrogen-bond acceptors (Lipinski definition) is 2. The summed E-state index contributed by atoms with van der Waals surface area (Å²) >= 11 is 6.60. The lowest BCUT2D eigenvalue weighted by Crippen LogP contribution is -2.01. The quantitative estimate of drug-likeness (QED) is 0.856. The Hall–Kier alpha value is -0.580. The van der Waals surface area contributed by atoms with Gasteiger partial charge in [-0.15, -0.1) is 0 Å². The van der Waals surface area contributed by atoms with Crippen LogP contribution in [-0.2, 0) is 0 Å². The Labute approximate surface area is 117 Å². The second-order valence-electron chi connectivity index (χ2n) is 3.96. The van der Waals surface area contributed by atoms with Gasteiger partial charge < -0.3 is 9.52 Å². The fourth-order valence-electron chi connectivity index (χ4n) is 1.72. The topological polar surface area (TPSA) is 33.4 Å². The van der Waals surface area contributed by atoms with Crippen molar-refractivity contribution in [3.63, 3.8) is 0 Å². The molecule has 1 atom stereocenters. The minimum Gasteiger partial charge on any atom is -0.450 e. The Morgan fingerprint density at radius 1 is 1.24 bits per heavy atom. The zero-order valence-corrected chi connectivity index (χ0v) is 12.7. The van der Waals surface area contributed by atoms with E-state index in [4.69, 9.17) is 4.42 Å². The van der Waals surface area contributed by atoms with Crippen LogP contribution >= 0.6 is 31.9 Å². The molecule has 4 heteroatoms. The van der Waals surface area contributed by atoms with Crippen LogP contribution in [0.3, 0.4) is 0 Å². The van der Waals surface area contributed by atoms with Gasteiger partial charge >= 0.3 is 0 Å². The number of aliphatic hydroxyl groups excluding tert-OH is 1. The molecular weight excluding hydrogens is 348 g/mol. The molecule has 0 saturated carbocycles. The van der Waals surface area contributed by atoms with Gasteiger partial charge in [0, 0.05) is 0 Å². The van der Waals surface area contributed by atoms with Crippen molar-refractivity contribution in [1.82, 2.24) is 0 Å². The summed E-state index contributed by atoms with van der Waals surface area (Å²) in [7, 11) is 0. The maximum Gasteiger partial charge on any atom is 0.183 e. The average molecular weight is 360 g/mol. The highest BCUT2D eigenvalue weighted by molar-refractivity contribution is 9.13. The van der Waals surface area contributed by atoms with Gasteiger partial charge in [-0.1, -0.05) is 18.2 Å². The van der Waals surface area contributed by atoms with Gasteiger partial charge in [-0.25, -0.2) is 0 Å². The highest BCUT2D eigenvalue weighted by Crippen LogP contribution is 2.33. The summed E-state index contributed by atoms with van der Waals surface area (Å²) in [5.74, 6) is 0.525. The molecule has 1 heterocycles. The molecule has 90 valence electrons. The van der Waals surface area contributed by atoms with Crippen LogP contribution in [0, 0.1) is 13.8 Å². The Morgan fingerprint density at radius 2 is 1.94 bits per heavy atom. The number of aryl methyl sites for hydroxylation is 1. The molecule has 17 heavy (non-hydrogen) atoms. The molecule has 0 amide bonds. The number of furan rings is 1. The molecule has 0 bridgehead atoms. The molecule has 0 aliphatic rings. The molecule has 0 saturated heterocycles. The number of rotatable bonds is 2. The molecule has 2 rings (SSSR count). The summed E-state index contributed by atoms with van der Waals surface area (Å²) in [6.45, 7) is 4.03. The SMILES string of the molecule is Cc1cccc(C(O)c2cc(Br)c(Br)o2)c1C. The minimum atomic E-state index is -0.738. The first-order valence-electron chi connectivity index (χ1n) is 5.19. The van der Waals surface area contributed by atoms with Gasteiger partial charge in [0.15, 0.2) is 4.67 Å². The van der Waals surface area contributed by atoms with Gasteiger partial charge in [-0.05, 0) is 68.5 Å². The van der Waals surface area contributed by atoms with E-state index in [9.17, 15) is 5.11 Å². The number of halogens is 2. The van der Waals surface area contributed by atoms with Crippen molar-refractivity contribution in [2.24, 2.45) is 0 Å². The Bertz CT molecular complexity index is 527. The molecule has 0 spiro atoms. The van der Waals surface area contributed by atoms with Gasteiger partial charge in [0.25, 0.3) is 0 Å². The van der Waals surface area contributed by atoms with Gasteiger partial charge in [0.05, 0.1) is 4.47 Å². The molecule has 0 fully saturated rings. The molecule has 1 N–H and O–H groups in total. The molecule has 0 aliphatic heterocycles. The van der Waals surface area contributed by atoms with Gasteiger partial charge in [0.1, 0.15) is 11.9 Å². The highest BCUT2D eigenvalue weighted by atomic mass is 79.9. The van der Waals surface area contributed by atoms with Crippen LogP contribution in [0.5, 0.6) is 0 Å². The Morgan fingerprint density at radius 3 is 2.53 bits per heavy atom. The van der Waals surface area contributed by atoms with E-state index < -0.39 is 6.10 Å². The number of hydrogen-bond donors (Lipinski definition) is 1. The van der Waals surface area contributed by atoms with Crippen LogP contribution < -0.4 is 0 Å². The fourth-order valence-corrected chi connectivity index (χ4v) is 2.33. The maximum absolute atomic E-state index is 10.3. The van der Waals surface area contributed by atoms with Crippen molar-refractivity contribution in [3.8, 4) is 0 Å². The van der Waals surface area contributed by atoms with Crippen LogP contribution in [0.4, 0.5) is 0 Å². The predicted octanol–water partition coefficient (Wildman–Crippen LogP) is 4.50. The first-order valence-corrected chi connectivity index (χ1v) is 6.78.